The molecule has 0 bridgehead atoms. The highest BCUT2D eigenvalue weighted by Gasteiger charge is 2.30. The monoisotopic (exact) mass is 466 g/mol. The second-order valence-electron chi connectivity index (χ2n) is 7.06. The minimum absolute atomic E-state index is 0.0117. The summed E-state index contributed by atoms with van der Waals surface area (Å²) in [5.74, 6) is -4.83. The maximum absolute atomic E-state index is 12.7. The van der Waals surface area contributed by atoms with Gasteiger partial charge in [0.15, 0.2) is 0 Å². The minimum Gasteiger partial charge on any atom is -0.481 e. The Kier molecular flexibility index (Phi) is 13.2. The highest BCUT2D eigenvalue weighted by Crippen LogP contribution is 2.08. The van der Waals surface area contributed by atoms with Crippen molar-refractivity contribution in [1.29, 1.82) is 0 Å². The van der Waals surface area contributed by atoms with Gasteiger partial charge in [0.05, 0.1) is 6.04 Å². The average Bonchev–Trinajstić information content (AvgIpc) is 2.66. The zero-order valence-corrected chi connectivity index (χ0v) is 18.6. The van der Waals surface area contributed by atoms with Gasteiger partial charge in [-0.3, -0.25) is 19.2 Å². The van der Waals surface area contributed by atoms with E-state index in [1.807, 2.05) is 0 Å². The summed E-state index contributed by atoms with van der Waals surface area (Å²) in [7, 11) is 0. The summed E-state index contributed by atoms with van der Waals surface area (Å²) >= 11 is 7.78. The molecule has 30 heavy (non-hydrogen) atoms. The molecule has 0 saturated carbocycles. The second-order valence-corrected chi connectivity index (χ2v) is 7.79. The van der Waals surface area contributed by atoms with Gasteiger partial charge in [-0.15, -0.1) is 0 Å². The average molecular weight is 467 g/mol. The first-order valence-electron chi connectivity index (χ1n) is 9.25. The van der Waals surface area contributed by atoms with Crippen LogP contribution in [-0.4, -0.2) is 75.5 Å². The normalized spacial score (nSPS) is 14.9. The molecule has 0 aromatic carbocycles. The molecule has 0 fully saturated rings. The van der Waals surface area contributed by atoms with Crippen molar-refractivity contribution in [3.05, 3.63) is 0 Å². The fourth-order valence-corrected chi connectivity index (χ4v) is 2.74. The number of nitrogens with two attached hydrogens (primary N) is 1. The number of carbonyl (C=O) groups is 5. The molecule has 0 spiro atoms. The van der Waals surface area contributed by atoms with Crippen LogP contribution in [0.25, 0.3) is 0 Å². The molecule has 4 atom stereocenters. The van der Waals surface area contributed by atoms with Crippen LogP contribution in [0.3, 0.4) is 0 Å². The summed E-state index contributed by atoms with van der Waals surface area (Å²) in [6.45, 7) is 3.60. The van der Waals surface area contributed by atoms with Crippen molar-refractivity contribution in [3.63, 3.8) is 0 Å². The maximum Gasteiger partial charge on any atom is 0.327 e. The van der Waals surface area contributed by atoms with Gasteiger partial charge in [0, 0.05) is 17.9 Å². The SMILES string of the molecule is CC(C)C[C@H](NC(=O)[C@H](CCC(=O)O)NC(=O)[C@@H](N)CS)C(=O)N[C@@H](CS)C(=O)O. The van der Waals surface area contributed by atoms with Gasteiger partial charge in [0.2, 0.25) is 17.7 Å². The molecule has 0 unspecified atom stereocenters. The van der Waals surface area contributed by atoms with Crippen molar-refractivity contribution in [3.8, 4) is 0 Å². The van der Waals surface area contributed by atoms with Gasteiger partial charge in [0.1, 0.15) is 18.1 Å². The number of hydrogen-bond acceptors (Lipinski definition) is 8. The van der Waals surface area contributed by atoms with Crippen molar-refractivity contribution in [2.24, 2.45) is 11.7 Å². The summed E-state index contributed by atoms with van der Waals surface area (Å²) < 4.78 is 0. The Labute approximate surface area is 185 Å². The fourth-order valence-electron chi connectivity index (χ4n) is 2.33. The summed E-state index contributed by atoms with van der Waals surface area (Å²) in [5, 5.41) is 25.1. The van der Waals surface area contributed by atoms with Crippen molar-refractivity contribution in [2.45, 2.75) is 57.3 Å². The Balaban J connectivity index is 5.42. The van der Waals surface area contributed by atoms with E-state index in [9.17, 15) is 24.0 Å². The van der Waals surface area contributed by atoms with Crippen LogP contribution in [0.4, 0.5) is 0 Å². The predicted octanol–water partition coefficient (Wildman–Crippen LogP) is -1.38. The van der Waals surface area contributed by atoms with E-state index in [4.69, 9.17) is 15.9 Å². The molecule has 172 valence electrons. The van der Waals surface area contributed by atoms with Crippen LogP contribution in [0.15, 0.2) is 0 Å². The number of hydrogen-bond donors (Lipinski definition) is 8. The first-order chi connectivity index (χ1) is 13.9. The zero-order chi connectivity index (χ0) is 23.4. The lowest BCUT2D eigenvalue weighted by Crippen LogP contribution is -2.57. The van der Waals surface area contributed by atoms with E-state index in [1.165, 1.54) is 0 Å². The molecular weight excluding hydrogens is 436 g/mol. The number of nitrogens with one attached hydrogen (secondary N) is 3. The smallest absolute Gasteiger partial charge is 0.327 e. The van der Waals surface area contributed by atoms with Crippen molar-refractivity contribution in [1.82, 2.24) is 16.0 Å². The van der Waals surface area contributed by atoms with Gasteiger partial charge >= 0.3 is 11.9 Å². The van der Waals surface area contributed by atoms with Crippen LogP contribution >= 0.6 is 25.3 Å². The Bertz CT molecular complexity index is 633. The van der Waals surface area contributed by atoms with Gasteiger partial charge in [-0.05, 0) is 18.8 Å². The Morgan fingerprint density at radius 1 is 0.833 bits per heavy atom. The van der Waals surface area contributed by atoms with Crippen LogP contribution in [0, 0.1) is 5.92 Å². The number of aliphatic carboxylic acids is 2. The van der Waals surface area contributed by atoms with Crippen molar-refractivity contribution >= 4 is 54.9 Å². The first kappa shape index (κ1) is 28.0. The van der Waals surface area contributed by atoms with E-state index < -0.39 is 60.2 Å². The largest absolute Gasteiger partial charge is 0.481 e. The van der Waals surface area contributed by atoms with Gasteiger partial charge in [-0.2, -0.15) is 25.3 Å². The second kappa shape index (κ2) is 14.1. The van der Waals surface area contributed by atoms with E-state index in [2.05, 4.69) is 41.2 Å². The van der Waals surface area contributed by atoms with E-state index in [0.29, 0.717) is 0 Å². The third kappa shape index (κ3) is 10.7. The molecule has 11 nitrogen and oxygen atoms in total. The van der Waals surface area contributed by atoms with Crippen LogP contribution in [0.1, 0.15) is 33.1 Å². The molecule has 0 rings (SSSR count). The number of carboxylic acid groups (broad SMARTS) is 2. The van der Waals surface area contributed by atoms with Crippen molar-refractivity contribution in [2.75, 3.05) is 11.5 Å². The zero-order valence-electron chi connectivity index (χ0n) is 16.8. The third-order valence-corrected chi connectivity index (χ3v) is 4.71. The topological polar surface area (TPSA) is 188 Å². The molecule has 0 aliphatic heterocycles. The fraction of sp³-hybridized carbons (Fsp3) is 0.706. The van der Waals surface area contributed by atoms with Crippen LogP contribution < -0.4 is 21.7 Å². The molecule has 7 N–H and O–H groups in total. The molecule has 0 heterocycles. The summed E-state index contributed by atoms with van der Waals surface area (Å²) in [6, 6.07) is -4.60. The Morgan fingerprint density at radius 2 is 1.33 bits per heavy atom. The van der Waals surface area contributed by atoms with Gasteiger partial charge in [-0.25, -0.2) is 4.79 Å². The standard InChI is InChI=1S/C17H30N4O7S2/c1-8(2)5-11(16(26)21-12(7-30)17(27)28)20-15(25)10(3-4-13(22)23)19-14(24)9(18)6-29/h8-12,29-30H,3-7,18H2,1-2H3,(H,19,24)(H,20,25)(H,21,26)(H,22,23)(H,27,28)/t9-,10-,11-,12-/m0/s1. The van der Waals surface area contributed by atoms with Gasteiger partial charge in [0.25, 0.3) is 0 Å². The Hall–Kier alpha value is -1.99. The molecule has 0 aromatic rings. The Morgan fingerprint density at radius 3 is 1.77 bits per heavy atom. The van der Waals surface area contributed by atoms with Gasteiger partial charge in [-0.1, -0.05) is 13.8 Å². The van der Waals surface area contributed by atoms with Gasteiger partial charge < -0.3 is 31.9 Å². The summed E-state index contributed by atoms with van der Waals surface area (Å²) in [6.07, 6.45) is -0.445. The van der Waals surface area contributed by atoms with Crippen molar-refractivity contribution < 1.29 is 34.2 Å². The highest BCUT2D eigenvalue weighted by atomic mass is 32.1. The van der Waals surface area contributed by atoms with Crippen LogP contribution in [-0.2, 0) is 24.0 Å². The van der Waals surface area contributed by atoms with E-state index in [1.54, 1.807) is 13.8 Å². The molecule has 3 amide bonds. The molecule has 0 aliphatic carbocycles. The molecule has 0 saturated heterocycles. The van der Waals surface area contributed by atoms with Crippen LogP contribution in [0.5, 0.6) is 0 Å². The van der Waals surface area contributed by atoms with E-state index in [0.717, 1.165) is 0 Å². The lowest BCUT2D eigenvalue weighted by atomic mass is 10.0. The van der Waals surface area contributed by atoms with E-state index >= 15 is 0 Å². The summed E-state index contributed by atoms with van der Waals surface area (Å²) in [4.78, 5) is 59.3. The highest BCUT2D eigenvalue weighted by molar-refractivity contribution is 7.80. The predicted molar refractivity (Wildman–Crippen MR) is 115 cm³/mol. The number of thiol groups is 2. The third-order valence-electron chi connectivity index (χ3n) is 3.95. The quantitative estimate of drug-likeness (QED) is 0.144. The summed E-state index contributed by atoms with van der Waals surface area (Å²) in [5.41, 5.74) is 5.57. The molecule has 0 aromatic heterocycles. The molecular formula is C17H30N4O7S2. The first-order valence-corrected chi connectivity index (χ1v) is 10.5. The molecule has 0 radical (unpaired) electrons. The lowest BCUT2D eigenvalue weighted by molar-refractivity contribution is -0.141. The maximum atomic E-state index is 12.7. The van der Waals surface area contributed by atoms with Crippen LogP contribution in [0.2, 0.25) is 0 Å². The molecule has 0 aliphatic rings. The minimum atomic E-state index is -1.28. The number of carbonyl (C=O) groups excluding carboxylic acids is 3. The number of carboxylic acids is 2. The molecule has 13 heteroatoms. The number of rotatable bonds is 14. The number of amides is 3. The van der Waals surface area contributed by atoms with E-state index in [-0.39, 0.29) is 30.3 Å². The lowest BCUT2D eigenvalue weighted by Gasteiger charge is -2.25.